The molecule has 0 aliphatic heterocycles. The van der Waals surface area contributed by atoms with E-state index in [1.807, 2.05) is 12.1 Å². The minimum atomic E-state index is -0.486. The molecule has 94 valence electrons. The maximum Gasteiger partial charge on any atom is 0.362 e. The number of rotatable bonds is 4. The molecule has 0 fully saturated rings. The molecule has 0 aliphatic carbocycles. The number of hydrogen-bond acceptors (Lipinski definition) is 4. The molecular weight excluding hydrogens is 276 g/mol. The van der Waals surface area contributed by atoms with E-state index in [0.29, 0.717) is 5.02 Å². The van der Waals surface area contributed by atoms with E-state index in [0.717, 1.165) is 9.57 Å². The summed E-state index contributed by atoms with van der Waals surface area (Å²) in [5.41, 5.74) is 1.91. The zero-order valence-corrected chi connectivity index (χ0v) is 10.7. The van der Waals surface area contributed by atoms with Gasteiger partial charge in [0, 0.05) is 9.92 Å². The molecule has 2 rings (SSSR count). The number of aromatic amines is 1. The Balaban J connectivity index is 1.87. The first-order valence-electron chi connectivity index (χ1n) is 4.95. The molecule has 6 nitrogen and oxygen atoms in total. The van der Waals surface area contributed by atoms with E-state index in [9.17, 15) is 9.59 Å². The van der Waals surface area contributed by atoms with Crippen molar-refractivity contribution >= 4 is 29.3 Å². The van der Waals surface area contributed by atoms with Gasteiger partial charge in [0.1, 0.15) is 6.33 Å². The van der Waals surface area contributed by atoms with Gasteiger partial charge in [-0.3, -0.25) is 10.2 Å². The minimum absolute atomic E-state index is 0.194. The third-order valence-corrected chi connectivity index (χ3v) is 3.24. The van der Waals surface area contributed by atoms with Crippen LogP contribution in [-0.4, -0.2) is 26.5 Å². The Hall–Kier alpha value is -1.73. The van der Waals surface area contributed by atoms with E-state index in [-0.39, 0.29) is 11.7 Å². The van der Waals surface area contributed by atoms with E-state index in [1.165, 1.54) is 18.1 Å². The van der Waals surface area contributed by atoms with Crippen LogP contribution < -0.4 is 11.1 Å². The second-order valence-corrected chi connectivity index (χ2v) is 4.79. The van der Waals surface area contributed by atoms with Crippen LogP contribution in [0.2, 0.25) is 5.02 Å². The number of nitrogens with zero attached hydrogens (tertiary/aromatic N) is 2. The lowest BCUT2D eigenvalue weighted by atomic mass is 10.4. The molecular formula is C10H9ClN4O2S. The first-order valence-corrected chi connectivity index (χ1v) is 6.32. The quantitative estimate of drug-likeness (QED) is 0.824. The van der Waals surface area contributed by atoms with Crippen LogP contribution in [0.15, 0.2) is 40.3 Å². The summed E-state index contributed by atoms with van der Waals surface area (Å²) in [6.45, 7) is 0. The molecule has 0 radical (unpaired) electrons. The number of carbonyl (C=O) groups is 1. The van der Waals surface area contributed by atoms with E-state index in [1.54, 1.807) is 12.1 Å². The van der Waals surface area contributed by atoms with Crippen molar-refractivity contribution in [1.29, 1.82) is 0 Å². The Kier molecular flexibility index (Phi) is 4.06. The molecule has 1 amide bonds. The number of H-pyrrole nitrogens is 1. The molecule has 0 spiro atoms. The summed E-state index contributed by atoms with van der Waals surface area (Å²) in [6.07, 6.45) is 1.20. The highest BCUT2D eigenvalue weighted by Crippen LogP contribution is 2.19. The summed E-state index contributed by atoms with van der Waals surface area (Å²) < 4.78 is 0.991. The summed E-state index contributed by atoms with van der Waals surface area (Å²) in [7, 11) is 0. The highest BCUT2D eigenvalue weighted by atomic mass is 35.5. The number of carbonyl (C=O) groups excluding carboxylic acids is 1. The van der Waals surface area contributed by atoms with Gasteiger partial charge in [0.05, 0.1) is 5.75 Å². The van der Waals surface area contributed by atoms with Crippen LogP contribution in [0, 0.1) is 0 Å². The van der Waals surface area contributed by atoms with Gasteiger partial charge in [-0.1, -0.05) is 11.6 Å². The number of benzene rings is 1. The molecule has 0 bridgehead atoms. The van der Waals surface area contributed by atoms with Crippen molar-refractivity contribution in [2.75, 3.05) is 11.2 Å². The van der Waals surface area contributed by atoms with Crippen LogP contribution in [0.3, 0.4) is 0 Å². The number of aromatic nitrogens is 3. The summed E-state index contributed by atoms with van der Waals surface area (Å²) >= 11 is 7.10. The van der Waals surface area contributed by atoms with Crippen LogP contribution in [-0.2, 0) is 4.79 Å². The normalized spacial score (nSPS) is 10.3. The fourth-order valence-electron chi connectivity index (χ4n) is 1.17. The van der Waals surface area contributed by atoms with Crippen molar-refractivity contribution in [2.45, 2.75) is 4.90 Å². The Labute approximate surface area is 111 Å². The second-order valence-electron chi connectivity index (χ2n) is 3.31. The van der Waals surface area contributed by atoms with Crippen LogP contribution in [0.1, 0.15) is 0 Å². The molecule has 0 unspecified atom stereocenters. The third-order valence-electron chi connectivity index (χ3n) is 1.98. The van der Waals surface area contributed by atoms with Crippen molar-refractivity contribution in [3.05, 3.63) is 46.1 Å². The maximum absolute atomic E-state index is 11.5. The van der Waals surface area contributed by atoms with Gasteiger partial charge in [-0.25, -0.2) is 9.89 Å². The van der Waals surface area contributed by atoms with Gasteiger partial charge in [0.25, 0.3) is 0 Å². The SMILES string of the molecule is O=C(CSc1ccc(Cl)cc1)Nn1cn[nH]c1=O. The molecule has 2 N–H and O–H groups in total. The van der Waals surface area contributed by atoms with Crippen molar-refractivity contribution in [1.82, 2.24) is 14.9 Å². The Morgan fingerprint density at radius 3 is 2.78 bits per heavy atom. The highest BCUT2D eigenvalue weighted by molar-refractivity contribution is 8.00. The third kappa shape index (κ3) is 3.38. The van der Waals surface area contributed by atoms with Crippen molar-refractivity contribution in [2.24, 2.45) is 0 Å². The molecule has 0 saturated heterocycles. The lowest BCUT2D eigenvalue weighted by Gasteiger charge is -2.03. The van der Waals surface area contributed by atoms with Gasteiger partial charge in [-0.15, -0.1) is 11.8 Å². The largest absolute Gasteiger partial charge is 0.362 e. The Morgan fingerprint density at radius 1 is 1.44 bits per heavy atom. The minimum Gasteiger partial charge on any atom is -0.272 e. The monoisotopic (exact) mass is 284 g/mol. The van der Waals surface area contributed by atoms with Crippen molar-refractivity contribution < 1.29 is 4.79 Å². The Morgan fingerprint density at radius 2 is 2.17 bits per heavy atom. The number of nitrogens with one attached hydrogen (secondary N) is 2. The van der Waals surface area contributed by atoms with Crippen LogP contribution in [0.4, 0.5) is 0 Å². The first-order chi connectivity index (χ1) is 8.65. The molecule has 2 aromatic rings. The summed E-state index contributed by atoms with van der Waals surface area (Å²) in [6, 6.07) is 7.15. The molecule has 0 aliphatic rings. The zero-order valence-electron chi connectivity index (χ0n) is 9.09. The molecule has 1 aromatic carbocycles. The van der Waals surface area contributed by atoms with Gasteiger partial charge in [0.2, 0.25) is 5.91 Å². The van der Waals surface area contributed by atoms with Gasteiger partial charge in [-0.2, -0.15) is 9.77 Å². The van der Waals surface area contributed by atoms with Gasteiger partial charge < -0.3 is 0 Å². The van der Waals surface area contributed by atoms with E-state index in [4.69, 9.17) is 11.6 Å². The molecule has 1 aromatic heterocycles. The topological polar surface area (TPSA) is 79.8 Å². The Bertz CT molecular complexity index is 592. The van der Waals surface area contributed by atoms with Gasteiger partial charge in [-0.05, 0) is 24.3 Å². The highest BCUT2D eigenvalue weighted by Gasteiger charge is 2.05. The molecule has 0 saturated carbocycles. The maximum atomic E-state index is 11.5. The summed E-state index contributed by atoms with van der Waals surface area (Å²) in [4.78, 5) is 23.5. The zero-order chi connectivity index (χ0) is 13.0. The molecule has 1 heterocycles. The number of halogens is 1. The number of amides is 1. The number of thioether (sulfide) groups is 1. The lowest BCUT2D eigenvalue weighted by Crippen LogP contribution is -2.31. The standard InChI is InChI=1S/C10H9ClN4O2S/c11-7-1-3-8(4-2-7)18-5-9(16)14-15-6-12-13-10(15)17/h1-4,6H,5H2,(H,13,17)(H,14,16). The predicted octanol–water partition coefficient (Wildman–Crippen LogP) is 1.09. The van der Waals surface area contributed by atoms with Crippen LogP contribution in [0.5, 0.6) is 0 Å². The predicted molar refractivity (Wildman–Crippen MR) is 69.4 cm³/mol. The lowest BCUT2D eigenvalue weighted by molar-refractivity contribution is -0.114. The fraction of sp³-hybridized carbons (Fsp3) is 0.100. The molecule has 18 heavy (non-hydrogen) atoms. The first kappa shape index (κ1) is 12.7. The van der Waals surface area contributed by atoms with Crippen LogP contribution >= 0.6 is 23.4 Å². The summed E-state index contributed by atoms with van der Waals surface area (Å²) in [5, 5.41) is 6.31. The number of hydrogen-bond donors (Lipinski definition) is 2. The second kappa shape index (κ2) is 5.74. The molecule has 8 heteroatoms. The van der Waals surface area contributed by atoms with Crippen molar-refractivity contribution in [3.8, 4) is 0 Å². The molecule has 0 atom stereocenters. The fourth-order valence-corrected chi connectivity index (χ4v) is 1.99. The van der Waals surface area contributed by atoms with Crippen molar-refractivity contribution in [3.63, 3.8) is 0 Å². The van der Waals surface area contributed by atoms with Gasteiger partial charge in [0.15, 0.2) is 0 Å². The van der Waals surface area contributed by atoms with E-state index in [2.05, 4.69) is 15.6 Å². The van der Waals surface area contributed by atoms with E-state index >= 15 is 0 Å². The average molecular weight is 285 g/mol. The smallest absolute Gasteiger partial charge is 0.272 e. The summed E-state index contributed by atoms with van der Waals surface area (Å²) in [5.74, 6) is -0.0994. The van der Waals surface area contributed by atoms with E-state index < -0.39 is 5.69 Å². The van der Waals surface area contributed by atoms with Gasteiger partial charge >= 0.3 is 5.69 Å². The average Bonchev–Trinajstić information content (AvgIpc) is 2.74. The van der Waals surface area contributed by atoms with Crippen LogP contribution in [0.25, 0.3) is 0 Å².